The molecule has 0 fully saturated rings. The molecule has 0 saturated carbocycles. The number of amides is 1. The summed E-state index contributed by atoms with van der Waals surface area (Å²) in [5, 5.41) is 3.68. The molecule has 0 radical (unpaired) electrons. The van der Waals surface area contributed by atoms with E-state index >= 15 is 0 Å². The van der Waals surface area contributed by atoms with Crippen molar-refractivity contribution in [3.05, 3.63) is 124 Å². The van der Waals surface area contributed by atoms with Gasteiger partial charge in [-0.05, 0) is 48.9 Å². The van der Waals surface area contributed by atoms with Gasteiger partial charge in [-0.25, -0.2) is 0 Å². The van der Waals surface area contributed by atoms with E-state index in [0.717, 1.165) is 16.8 Å². The second-order valence-corrected chi connectivity index (χ2v) is 8.55. The fourth-order valence-electron chi connectivity index (χ4n) is 3.86. The normalized spacial score (nSPS) is 11.5. The molecule has 5 nitrogen and oxygen atoms in total. The molecular weight excluding hydrogens is 460 g/mol. The van der Waals surface area contributed by atoms with E-state index in [1.807, 2.05) is 79.7 Å². The first kappa shape index (κ1) is 24.0. The van der Waals surface area contributed by atoms with E-state index < -0.39 is 12.0 Å². The van der Waals surface area contributed by atoms with Crippen LogP contribution in [0.5, 0.6) is 5.75 Å². The number of hydrogen-bond acceptors (Lipinski definition) is 4. The molecule has 0 aliphatic carbocycles. The fourth-order valence-corrected chi connectivity index (χ4v) is 4.12. The number of primary amides is 1. The minimum absolute atomic E-state index is 0.0121. The molecule has 1 amide bonds. The van der Waals surface area contributed by atoms with Crippen LogP contribution in [0.3, 0.4) is 0 Å². The summed E-state index contributed by atoms with van der Waals surface area (Å²) in [5.41, 5.74) is 9.67. The summed E-state index contributed by atoms with van der Waals surface area (Å²) in [6, 6.07) is 29.4. The Bertz CT molecular complexity index is 1360. The largest absolute Gasteiger partial charge is 0.485 e. The molecular formula is C29H25ClN2O3. The second-order valence-electron chi connectivity index (χ2n) is 8.14. The zero-order valence-corrected chi connectivity index (χ0v) is 20.0. The van der Waals surface area contributed by atoms with Crippen LogP contribution in [-0.4, -0.2) is 11.7 Å². The maximum Gasteiger partial charge on any atom is 0.221 e. The average molecular weight is 485 g/mol. The molecule has 0 aliphatic rings. The van der Waals surface area contributed by atoms with Crippen LogP contribution in [0.15, 0.2) is 97.1 Å². The van der Waals surface area contributed by atoms with Crippen LogP contribution < -0.4 is 15.8 Å². The number of para-hydroxylation sites is 2. The predicted molar refractivity (Wildman–Crippen MR) is 139 cm³/mol. The van der Waals surface area contributed by atoms with Crippen LogP contribution in [0, 0.1) is 6.92 Å². The molecule has 1 unspecified atom stereocenters. The topological polar surface area (TPSA) is 81.4 Å². The van der Waals surface area contributed by atoms with E-state index in [-0.39, 0.29) is 12.2 Å². The van der Waals surface area contributed by atoms with Gasteiger partial charge in [-0.3, -0.25) is 9.59 Å². The molecule has 0 bridgehead atoms. The van der Waals surface area contributed by atoms with Gasteiger partial charge in [0.15, 0.2) is 5.78 Å². The van der Waals surface area contributed by atoms with Crippen LogP contribution in [0.2, 0.25) is 5.02 Å². The number of halogens is 1. The monoisotopic (exact) mass is 484 g/mol. The molecule has 3 N–H and O–H groups in total. The zero-order chi connectivity index (χ0) is 24.8. The first-order valence-corrected chi connectivity index (χ1v) is 11.6. The van der Waals surface area contributed by atoms with Gasteiger partial charge < -0.3 is 15.8 Å². The van der Waals surface area contributed by atoms with Crippen molar-refractivity contribution in [1.29, 1.82) is 0 Å². The summed E-state index contributed by atoms with van der Waals surface area (Å²) in [6.07, 6.45) is -0.575. The van der Waals surface area contributed by atoms with Crippen LogP contribution in [0.1, 0.15) is 39.6 Å². The predicted octanol–water partition coefficient (Wildman–Crippen LogP) is 6.62. The summed E-state index contributed by atoms with van der Waals surface area (Å²) < 4.78 is 6.11. The highest BCUT2D eigenvalue weighted by Crippen LogP contribution is 2.33. The third-order valence-electron chi connectivity index (χ3n) is 5.60. The lowest BCUT2D eigenvalue weighted by Crippen LogP contribution is -2.19. The van der Waals surface area contributed by atoms with Gasteiger partial charge in [0.25, 0.3) is 0 Å². The third kappa shape index (κ3) is 5.89. The van der Waals surface area contributed by atoms with E-state index in [0.29, 0.717) is 27.6 Å². The van der Waals surface area contributed by atoms with Gasteiger partial charge >= 0.3 is 0 Å². The van der Waals surface area contributed by atoms with Gasteiger partial charge in [-0.2, -0.15) is 0 Å². The highest BCUT2D eigenvalue weighted by atomic mass is 35.5. The van der Waals surface area contributed by atoms with E-state index in [4.69, 9.17) is 22.1 Å². The number of carbonyl (C=O) groups excluding carboxylic acids is 2. The van der Waals surface area contributed by atoms with Gasteiger partial charge in [0, 0.05) is 28.1 Å². The third-order valence-corrected chi connectivity index (χ3v) is 5.91. The summed E-state index contributed by atoms with van der Waals surface area (Å²) >= 11 is 6.52. The number of aryl methyl sites for hydroxylation is 1. The van der Waals surface area contributed by atoms with Crippen molar-refractivity contribution in [1.82, 2.24) is 0 Å². The Kier molecular flexibility index (Phi) is 7.48. The minimum Gasteiger partial charge on any atom is -0.485 e. The Morgan fingerprint density at radius 1 is 0.886 bits per heavy atom. The molecule has 4 aromatic carbocycles. The summed E-state index contributed by atoms with van der Waals surface area (Å²) in [7, 11) is 0. The molecule has 0 aliphatic heterocycles. The maximum absolute atomic E-state index is 13.0. The van der Waals surface area contributed by atoms with Crippen molar-refractivity contribution < 1.29 is 14.3 Å². The van der Waals surface area contributed by atoms with Crippen LogP contribution >= 0.6 is 11.6 Å². The molecule has 1 atom stereocenters. The summed E-state index contributed by atoms with van der Waals surface area (Å²) in [4.78, 5) is 24.8. The molecule has 4 aromatic rings. The number of carbonyl (C=O) groups is 2. The van der Waals surface area contributed by atoms with Crippen molar-refractivity contribution >= 4 is 34.7 Å². The Labute approximate surface area is 209 Å². The number of rotatable bonds is 9. The van der Waals surface area contributed by atoms with E-state index in [1.54, 1.807) is 24.3 Å². The summed E-state index contributed by atoms with van der Waals surface area (Å²) in [6.45, 7) is 1.90. The number of anilines is 2. The van der Waals surface area contributed by atoms with Crippen molar-refractivity contribution in [3.63, 3.8) is 0 Å². The van der Waals surface area contributed by atoms with E-state index in [9.17, 15) is 9.59 Å². The standard InChI is InChI=1S/C29H25ClN2O3/c1-19-9-5-6-12-22(19)29(34)23-16-15-20(17-25(23)30)32-26-14-8-7-13-24(26)27(18-28(31)33)35-21-10-3-2-4-11-21/h2-17,27,32H,18H2,1H3,(H2,31,33). The van der Waals surface area contributed by atoms with E-state index in [2.05, 4.69) is 5.32 Å². The average Bonchev–Trinajstić information content (AvgIpc) is 2.84. The number of benzene rings is 4. The molecule has 35 heavy (non-hydrogen) atoms. The van der Waals surface area contributed by atoms with Crippen LogP contribution in [0.25, 0.3) is 0 Å². The lowest BCUT2D eigenvalue weighted by Gasteiger charge is -2.22. The first-order chi connectivity index (χ1) is 16.9. The lowest BCUT2D eigenvalue weighted by atomic mass is 9.99. The molecule has 0 aromatic heterocycles. The van der Waals surface area contributed by atoms with Crippen LogP contribution in [0.4, 0.5) is 11.4 Å². The number of nitrogens with one attached hydrogen (secondary N) is 1. The lowest BCUT2D eigenvalue weighted by molar-refractivity contribution is -0.119. The molecule has 4 rings (SSSR count). The molecule has 0 saturated heterocycles. The van der Waals surface area contributed by atoms with Gasteiger partial charge in [-0.1, -0.05) is 72.3 Å². The highest BCUT2D eigenvalue weighted by Gasteiger charge is 2.21. The van der Waals surface area contributed by atoms with Gasteiger partial charge in [0.05, 0.1) is 11.4 Å². The fraction of sp³-hybridized carbons (Fsp3) is 0.103. The molecule has 0 heterocycles. The van der Waals surface area contributed by atoms with Crippen molar-refractivity contribution in [2.75, 3.05) is 5.32 Å². The second kappa shape index (κ2) is 10.9. The number of hydrogen-bond donors (Lipinski definition) is 2. The Balaban J connectivity index is 1.61. The minimum atomic E-state index is -0.587. The van der Waals surface area contributed by atoms with E-state index in [1.165, 1.54) is 0 Å². The highest BCUT2D eigenvalue weighted by molar-refractivity contribution is 6.35. The summed E-state index contributed by atoms with van der Waals surface area (Å²) in [5.74, 6) is 0.0383. The van der Waals surface area contributed by atoms with Crippen LogP contribution in [-0.2, 0) is 4.79 Å². The number of ether oxygens (including phenoxy) is 1. The molecule has 176 valence electrons. The molecule has 6 heteroatoms. The SMILES string of the molecule is Cc1ccccc1C(=O)c1ccc(Nc2ccccc2C(CC(N)=O)Oc2ccccc2)cc1Cl. The smallest absolute Gasteiger partial charge is 0.221 e. The van der Waals surface area contributed by atoms with Gasteiger partial charge in [0.2, 0.25) is 5.91 Å². The van der Waals surface area contributed by atoms with Crippen molar-refractivity contribution in [2.45, 2.75) is 19.4 Å². The zero-order valence-electron chi connectivity index (χ0n) is 19.2. The van der Waals surface area contributed by atoms with Crippen molar-refractivity contribution in [2.24, 2.45) is 5.73 Å². The Morgan fingerprint density at radius 2 is 1.57 bits per heavy atom. The van der Waals surface area contributed by atoms with Gasteiger partial charge in [0.1, 0.15) is 11.9 Å². The number of nitrogens with two attached hydrogens (primary N) is 1. The number of ketones is 1. The maximum atomic E-state index is 13.0. The first-order valence-electron chi connectivity index (χ1n) is 11.2. The van der Waals surface area contributed by atoms with Gasteiger partial charge in [-0.15, -0.1) is 0 Å². The van der Waals surface area contributed by atoms with Crippen molar-refractivity contribution in [3.8, 4) is 5.75 Å². The quantitative estimate of drug-likeness (QED) is 0.261. The Morgan fingerprint density at radius 3 is 2.29 bits per heavy atom. The molecule has 0 spiro atoms. The Hall–Kier alpha value is -4.09.